The van der Waals surface area contributed by atoms with E-state index < -0.39 is 15.8 Å². The maximum Gasteiger partial charge on any atom is 0.439 e. The van der Waals surface area contributed by atoms with Gasteiger partial charge in [-0.05, 0) is 61.1 Å². The number of hydrogen-bond donors (Lipinski definition) is 3. The Kier molecular flexibility index (Phi) is 6.01. The molecule has 3 aromatic rings. The fraction of sp³-hybridized carbons (Fsp3) is 0.286. The molecule has 0 bridgehead atoms. The highest BCUT2D eigenvalue weighted by Crippen LogP contribution is 2.24. The predicted molar refractivity (Wildman–Crippen MR) is 114 cm³/mol. The zero-order chi connectivity index (χ0) is 21.8. The molecule has 0 fully saturated rings. The molecule has 0 saturated carbocycles. The molecule has 1 aromatic heterocycles. The number of nitrogens with zero attached hydrogens (tertiary/aromatic N) is 1. The van der Waals surface area contributed by atoms with E-state index in [0.29, 0.717) is 11.3 Å². The lowest BCUT2D eigenvalue weighted by Crippen LogP contribution is -2.28. The predicted octanol–water partition coefficient (Wildman–Crippen LogP) is 2.22. The molecule has 1 aliphatic rings. The van der Waals surface area contributed by atoms with Gasteiger partial charge in [-0.25, -0.2) is 17.9 Å². The van der Waals surface area contributed by atoms with Gasteiger partial charge in [0.2, 0.25) is 15.9 Å². The third-order valence-corrected chi connectivity index (χ3v) is 6.59. The van der Waals surface area contributed by atoms with E-state index in [0.717, 1.165) is 31.2 Å². The molecule has 162 valence electrons. The molecular formula is C21H22N4O5S. The first-order valence-electron chi connectivity index (χ1n) is 9.98. The summed E-state index contributed by atoms with van der Waals surface area (Å²) in [7, 11) is -3.69. The van der Waals surface area contributed by atoms with E-state index in [2.05, 4.69) is 24.7 Å². The summed E-state index contributed by atoms with van der Waals surface area (Å²) in [5.41, 5.74) is 3.35. The molecule has 10 heteroatoms. The molecule has 3 N–H and O–H groups in total. The Hall–Kier alpha value is -3.24. The summed E-state index contributed by atoms with van der Waals surface area (Å²) in [6.07, 6.45) is 4.04. The number of carbonyl (C=O) groups is 1. The molecule has 2 aromatic carbocycles. The van der Waals surface area contributed by atoms with Gasteiger partial charge in [0.05, 0.1) is 4.90 Å². The first kappa shape index (κ1) is 21.0. The van der Waals surface area contributed by atoms with Crippen LogP contribution in [0.3, 0.4) is 0 Å². The summed E-state index contributed by atoms with van der Waals surface area (Å²) in [4.78, 5) is 26.0. The van der Waals surface area contributed by atoms with Gasteiger partial charge in [-0.2, -0.15) is 0 Å². The topological polar surface area (TPSA) is 134 Å². The molecular weight excluding hydrogens is 420 g/mol. The third-order valence-electron chi connectivity index (χ3n) is 5.13. The van der Waals surface area contributed by atoms with Crippen molar-refractivity contribution < 1.29 is 17.7 Å². The minimum atomic E-state index is -3.69. The van der Waals surface area contributed by atoms with Crippen molar-refractivity contribution in [1.29, 1.82) is 0 Å². The van der Waals surface area contributed by atoms with Gasteiger partial charge >= 0.3 is 5.76 Å². The van der Waals surface area contributed by atoms with Gasteiger partial charge in [0.25, 0.3) is 0 Å². The molecule has 0 atom stereocenters. The van der Waals surface area contributed by atoms with Gasteiger partial charge in [-0.1, -0.05) is 23.4 Å². The summed E-state index contributed by atoms with van der Waals surface area (Å²) in [6, 6.07) is 11.9. The van der Waals surface area contributed by atoms with Crippen molar-refractivity contribution in [2.45, 2.75) is 37.0 Å². The lowest BCUT2D eigenvalue weighted by atomic mass is 9.92. The minimum Gasteiger partial charge on any atom is -0.326 e. The SMILES string of the molecule is O=C(CCNS(=O)(=O)c1ccc2c(c1)CCCC2)Nc1cccc(-c2noc(=O)[nH]2)c1. The zero-order valence-electron chi connectivity index (χ0n) is 16.7. The van der Waals surface area contributed by atoms with E-state index in [9.17, 15) is 18.0 Å². The van der Waals surface area contributed by atoms with E-state index in [1.807, 2.05) is 6.07 Å². The lowest BCUT2D eigenvalue weighted by molar-refractivity contribution is -0.116. The Morgan fingerprint density at radius 3 is 2.68 bits per heavy atom. The summed E-state index contributed by atoms with van der Waals surface area (Å²) < 4.78 is 32.1. The number of H-pyrrole nitrogens is 1. The molecule has 9 nitrogen and oxygen atoms in total. The number of rotatable bonds is 7. The van der Waals surface area contributed by atoms with Crippen LogP contribution < -0.4 is 15.8 Å². The standard InChI is InChI=1S/C21H22N4O5S/c26-19(23-17-7-3-6-16(12-17)20-24-21(27)30-25-20)10-11-22-31(28,29)18-9-8-14-4-1-2-5-15(14)13-18/h3,6-9,12-13,22H,1-2,4-5,10-11H2,(H,23,26)(H,24,25,27). The average molecular weight is 442 g/mol. The van der Waals surface area contributed by atoms with Crippen LogP contribution in [0.4, 0.5) is 5.69 Å². The Morgan fingerprint density at radius 2 is 1.90 bits per heavy atom. The van der Waals surface area contributed by atoms with E-state index >= 15 is 0 Å². The van der Waals surface area contributed by atoms with Crippen molar-refractivity contribution in [3.63, 3.8) is 0 Å². The van der Waals surface area contributed by atoms with Crippen molar-refractivity contribution in [2.24, 2.45) is 0 Å². The number of sulfonamides is 1. The number of fused-ring (bicyclic) bond motifs is 1. The average Bonchev–Trinajstić information content (AvgIpc) is 3.20. The van der Waals surface area contributed by atoms with Crippen LogP contribution in [0.15, 0.2) is 56.7 Å². The second-order valence-electron chi connectivity index (χ2n) is 7.36. The second-order valence-corrected chi connectivity index (χ2v) is 9.12. The van der Waals surface area contributed by atoms with Gasteiger partial charge in [0.1, 0.15) is 0 Å². The molecule has 0 unspecified atom stereocenters. The van der Waals surface area contributed by atoms with E-state index in [1.54, 1.807) is 36.4 Å². The highest BCUT2D eigenvalue weighted by atomic mass is 32.2. The Bertz CT molecular complexity index is 1260. The van der Waals surface area contributed by atoms with Gasteiger partial charge in [0.15, 0.2) is 5.82 Å². The highest BCUT2D eigenvalue weighted by molar-refractivity contribution is 7.89. The molecule has 0 aliphatic heterocycles. The van der Waals surface area contributed by atoms with Crippen molar-refractivity contribution in [1.82, 2.24) is 14.9 Å². The highest BCUT2D eigenvalue weighted by Gasteiger charge is 2.18. The van der Waals surface area contributed by atoms with Crippen LogP contribution in [0.25, 0.3) is 11.4 Å². The Morgan fingerprint density at radius 1 is 1.10 bits per heavy atom. The van der Waals surface area contributed by atoms with E-state index in [4.69, 9.17) is 0 Å². The van der Waals surface area contributed by atoms with Crippen LogP contribution in [0.2, 0.25) is 0 Å². The summed E-state index contributed by atoms with van der Waals surface area (Å²) in [5, 5.41) is 6.31. The smallest absolute Gasteiger partial charge is 0.326 e. The molecule has 4 rings (SSSR count). The fourth-order valence-corrected chi connectivity index (χ4v) is 4.66. The van der Waals surface area contributed by atoms with Crippen molar-refractivity contribution in [3.8, 4) is 11.4 Å². The van der Waals surface area contributed by atoms with Crippen LogP contribution >= 0.6 is 0 Å². The van der Waals surface area contributed by atoms with Crippen LogP contribution in [-0.2, 0) is 27.7 Å². The number of benzene rings is 2. The minimum absolute atomic E-state index is 0.0262. The first-order chi connectivity index (χ1) is 14.9. The maximum atomic E-state index is 12.6. The number of anilines is 1. The van der Waals surface area contributed by atoms with E-state index in [1.165, 1.54) is 5.56 Å². The molecule has 1 aliphatic carbocycles. The summed E-state index contributed by atoms with van der Waals surface area (Å²) >= 11 is 0. The summed E-state index contributed by atoms with van der Waals surface area (Å²) in [6.45, 7) is -0.0262. The first-order valence-corrected chi connectivity index (χ1v) is 11.5. The number of aromatic nitrogens is 2. The normalized spacial score (nSPS) is 13.5. The number of aromatic amines is 1. The van der Waals surface area contributed by atoms with E-state index in [-0.39, 0.29) is 29.6 Å². The summed E-state index contributed by atoms with van der Waals surface area (Å²) in [5.74, 6) is -0.770. The zero-order valence-corrected chi connectivity index (χ0v) is 17.5. The second kappa shape index (κ2) is 8.86. The Labute approximate surface area is 178 Å². The molecule has 0 radical (unpaired) electrons. The van der Waals surface area contributed by atoms with Crippen molar-refractivity contribution >= 4 is 21.6 Å². The van der Waals surface area contributed by atoms with Crippen LogP contribution in [0, 0.1) is 0 Å². The number of hydrogen-bond acceptors (Lipinski definition) is 6. The third kappa shape index (κ3) is 5.09. The molecule has 1 heterocycles. The van der Waals surface area contributed by atoms with Crippen LogP contribution in [0.1, 0.15) is 30.4 Å². The Balaban J connectivity index is 1.33. The van der Waals surface area contributed by atoms with Crippen molar-refractivity contribution in [2.75, 3.05) is 11.9 Å². The molecule has 0 spiro atoms. The fourth-order valence-electron chi connectivity index (χ4n) is 3.58. The molecule has 1 amide bonds. The quantitative estimate of drug-likeness (QED) is 0.514. The largest absolute Gasteiger partial charge is 0.439 e. The van der Waals surface area contributed by atoms with Gasteiger partial charge in [-0.3, -0.25) is 14.3 Å². The maximum absolute atomic E-state index is 12.6. The molecule has 31 heavy (non-hydrogen) atoms. The van der Waals surface area contributed by atoms with Gasteiger partial charge in [0, 0.05) is 24.2 Å². The molecule has 0 saturated heterocycles. The van der Waals surface area contributed by atoms with Gasteiger partial charge < -0.3 is 5.32 Å². The van der Waals surface area contributed by atoms with Crippen LogP contribution in [0.5, 0.6) is 0 Å². The number of nitrogens with one attached hydrogen (secondary N) is 3. The van der Waals surface area contributed by atoms with Gasteiger partial charge in [-0.15, -0.1) is 0 Å². The number of aryl methyl sites for hydroxylation is 2. The van der Waals surface area contributed by atoms with Crippen molar-refractivity contribution in [3.05, 3.63) is 64.1 Å². The lowest BCUT2D eigenvalue weighted by Gasteiger charge is -2.16. The monoisotopic (exact) mass is 442 g/mol. The van der Waals surface area contributed by atoms with Crippen LogP contribution in [-0.4, -0.2) is 31.0 Å². The number of amides is 1. The number of carbonyl (C=O) groups excluding carboxylic acids is 1.